The van der Waals surface area contributed by atoms with E-state index in [1.807, 2.05) is 56.6 Å². The first kappa shape index (κ1) is 17.9. The van der Waals surface area contributed by atoms with Gasteiger partial charge in [-0.15, -0.1) is 0 Å². The lowest BCUT2D eigenvalue weighted by Gasteiger charge is -2.18. The Hall–Kier alpha value is -2.40. The Morgan fingerprint density at radius 2 is 2.04 bits per heavy atom. The number of carboxylic acids is 1. The summed E-state index contributed by atoms with van der Waals surface area (Å²) in [4.78, 5) is 17.6. The molecule has 24 heavy (non-hydrogen) atoms. The van der Waals surface area contributed by atoms with E-state index >= 15 is 0 Å². The molecular weight excluding hydrogens is 302 g/mol. The molecule has 0 aliphatic heterocycles. The molecule has 2 rings (SSSR count). The minimum atomic E-state index is -0.774. The number of aromatic nitrogens is 1. The number of hydrogen-bond acceptors (Lipinski definition) is 4. The minimum Gasteiger partial charge on any atom is -0.481 e. The average molecular weight is 327 g/mol. The first-order chi connectivity index (χ1) is 11.6. The van der Waals surface area contributed by atoms with Crippen LogP contribution in [-0.2, 0) is 11.2 Å². The van der Waals surface area contributed by atoms with Crippen LogP contribution in [0.2, 0.25) is 0 Å². The molecule has 1 aromatic heterocycles. The molecule has 1 heterocycles. The van der Waals surface area contributed by atoms with Gasteiger partial charge >= 0.3 is 5.97 Å². The third-order valence-corrected chi connectivity index (χ3v) is 3.90. The number of carboxylic acid groups (broad SMARTS) is 1. The van der Waals surface area contributed by atoms with Crippen molar-refractivity contribution < 1.29 is 9.90 Å². The van der Waals surface area contributed by atoms with E-state index in [4.69, 9.17) is 10.1 Å². The highest BCUT2D eigenvalue weighted by Crippen LogP contribution is 2.22. The second-order valence-electron chi connectivity index (χ2n) is 5.85. The highest BCUT2D eigenvalue weighted by atomic mass is 16.4. The van der Waals surface area contributed by atoms with E-state index in [1.165, 1.54) is 0 Å². The number of aryl methyl sites for hydroxylation is 1. The van der Waals surface area contributed by atoms with Crippen LogP contribution < -0.4 is 10.2 Å². The van der Waals surface area contributed by atoms with Gasteiger partial charge in [-0.3, -0.25) is 4.79 Å². The maximum Gasteiger partial charge on any atom is 0.303 e. The molecular formula is C19H25N3O2. The zero-order valence-electron chi connectivity index (χ0n) is 14.3. The summed E-state index contributed by atoms with van der Waals surface area (Å²) in [6.07, 6.45) is 1.74. The fraction of sp³-hybridized carbons (Fsp3) is 0.368. The molecule has 0 saturated heterocycles. The predicted octanol–water partition coefficient (Wildman–Crippen LogP) is 2.81. The van der Waals surface area contributed by atoms with E-state index in [9.17, 15) is 4.79 Å². The third kappa shape index (κ3) is 5.35. The third-order valence-electron chi connectivity index (χ3n) is 3.90. The van der Waals surface area contributed by atoms with Crippen molar-refractivity contribution in [2.75, 3.05) is 32.1 Å². The van der Waals surface area contributed by atoms with Gasteiger partial charge < -0.3 is 15.3 Å². The lowest BCUT2D eigenvalue weighted by atomic mass is 10.0. The molecule has 0 fully saturated rings. The lowest BCUT2D eigenvalue weighted by molar-refractivity contribution is -0.136. The van der Waals surface area contributed by atoms with Crippen molar-refractivity contribution in [2.24, 2.45) is 0 Å². The molecule has 2 aromatic rings. The Balaban J connectivity index is 2.13. The van der Waals surface area contributed by atoms with Crippen molar-refractivity contribution in [2.45, 2.75) is 19.3 Å². The van der Waals surface area contributed by atoms with Crippen LogP contribution in [0.25, 0.3) is 11.3 Å². The van der Waals surface area contributed by atoms with Crippen LogP contribution in [-0.4, -0.2) is 43.2 Å². The largest absolute Gasteiger partial charge is 0.481 e. The van der Waals surface area contributed by atoms with Crippen LogP contribution in [0.3, 0.4) is 0 Å². The van der Waals surface area contributed by atoms with E-state index in [0.717, 1.165) is 42.1 Å². The Labute approximate surface area is 143 Å². The zero-order chi connectivity index (χ0) is 17.4. The van der Waals surface area contributed by atoms with Crippen LogP contribution in [0.4, 0.5) is 5.82 Å². The van der Waals surface area contributed by atoms with Crippen molar-refractivity contribution in [3.63, 3.8) is 0 Å². The monoisotopic (exact) mass is 327 g/mol. The average Bonchev–Trinajstić information content (AvgIpc) is 2.60. The Morgan fingerprint density at radius 3 is 2.79 bits per heavy atom. The Morgan fingerprint density at radius 1 is 1.25 bits per heavy atom. The first-order valence-corrected chi connectivity index (χ1v) is 8.24. The van der Waals surface area contributed by atoms with Gasteiger partial charge in [0.05, 0.1) is 5.69 Å². The number of aliphatic carboxylic acids is 1. The quantitative estimate of drug-likeness (QED) is 0.693. The Kier molecular flexibility index (Phi) is 6.75. The zero-order valence-corrected chi connectivity index (χ0v) is 14.3. The predicted molar refractivity (Wildman–Crippen MR) is 97.4 cm³/mol. The fourth-order valence-electron chi connectivity index (χ4n) is 2.54. The van der Waals surface area contributed by atoms with E-state index < -0.39 is 5.97 Å². The number of benzene rings is 1. The molecule has 0 amide bonds. The molecule has 5 heteroatoms. The summed E-state index contributed by atoms with van der Waals surface area (Å²) in [5, 5.41) is 12.0. The smallest absolute Gasteiger partial charge is 0.303 e. The summed E-state index contributed by atoms with van der Waals surface area (Å²) in [6.45, 7) is 1.92. The van der Waals surface area contributed by atoms with Gasteiger partial charge in [0.15, 0.2) is 0 Å². The molecule has 0 aliphatic carbocycles. The maximum absolute atomic E-state index is 10.7. The van der Waals surface area contributed by atoms with Crippen LogP contribution in [0.15, 0.2) is 42.5 Å². The fourth-order valence-corrected chi connectivity index (χ4v) is 2.54. The SMILES string of the molecule is CNCCCN(C)c1cccc(-c2cccc(CCC(=O)O)c2)n1. The molecule has 0 radical (unpaired) electrons. The number of pyridine rings is 1. The molecule has 0 saturated carbocycles. The summed E-state index contributed by atoms with van der Waals surface area (Å²) in [7, 11) is 4.00. The van der Waals surface area contributed by atoms with E-state index in [1.54, 1.807) is 0 Å². The van der Waals surface area contributed by atoms with Crippen LogP contribution in [0, 0.1) is 0 Å². The van der Waals surface area contributed by atoms with E-state index in [2.05, 4.69) is 10.2 Å². The van der Waals surface area contributed by atoms with Crippen molar-refractivity contribution in [1.82, 2.24) is 10.3 Å². The van der Waals surface area contributed by atoms with Gasteiger partial charge in [0, 0.05) is 25.6 Å². The second kappa shape index (κ2) is 9.03. The summed E-state index contributed by atoms with van der Waals surface area (Å²) >= 11 is 0. The lowest BCUT2D eigenvalue weighted by Crippen LogP contribution is -2.23. The van der Waals surface area contributed by atoms with Crippen molar-refractivity contribution >= 4 is 11.8 Å². The topological polar surface area (TPSA) is 65.5 Å². The molecule has 1 aromatic carbocycles. The number of carbonyl (C=O) groups is 1. The van der Waals surface area contributed by atoms with Crippen molar-refractivity contribution in [3.05, 3.63) is 48.0 Å². The van der Waals surface area contributed by atoms with Crippen molar-refractivity contribution in [1.29, 1.82) is 0 Å². The molecule has 128 valence electrons. The number of nitrogens with zero attached hydrogens (tertiary/aromatic N) is 2. The summed E-state index contributed by atoms with van der Waals surface area (Å²) in [5.74, 6) is 0.170. The summed E-state index contributed by atoms with van der Waals surface area (Å²) in [5.41, 5.74) is 2.94. The molecule has 0 bridgehead atoms. The summed E-state index contributed by atoms with van der Waals surface area (Å²) in [6, 6.07) is 14.0. The number of nitrogens with one attached hydrogen (secondary N) is 1. The van der Waals surface area contributed by atoms with E-state index in [-0.39, 0.29) is 6.42 Å². The Bertz CT molecular complexity index is 673. The van der Waals surface area contributed by atoms with Crippen LogP contribution in [0.1, 0.15) is 18.4 Å². The molecule has 0 aliphatic rings. The molecule has 2 N–H and O–H groups in total. The number of hydrogen-bond donors (Lipinski definition) is 2. The highest BCUT2D eigenvalue weighted by molar-refractivity contribution is 5.67. The van der Waals surface area contributed by atoms with Crippen molar-refractivity contribution in [3.8, 4) is 11.3 Å². The molecule has 0 atom stereocenters. The molecule has 5 nitrogen and oxygen atoms in total. The highest BCUT2D eigenvalue weighted by Gasteiger charge is 2.06. The molecule has 0 spiro atoms. The van der Waals surface area contributed by atoms with Gasteiger partial charge in [0.25, 0.3) is 0 Å². The maximum atomic E-state index is 10.7. The van der Waals surface area contributed by atoms with Gasteiger partial charge in [-0.05, 0) is 50.2 Å². The van der Waals surface area contributed by atoms with Crippen LogP contribution in [0.5, 0.6) is 0 Å². The van der Waals surface area contributed by atoms with Gasteiger partial charge in [-0.2, -0.15) is 0 Å². The molecule has 0 unspecified atom stereocenters. The van der Waals surface area contributed by atoms with Gasteiger partial charge in [-0.1, -0.05) is 24.3 Å². The summed E-state index contributed by atoms with van der Waals surface area (Å²) < 4.78 is 0. The number of rotatable bonds is 9. The first-order valence-electron chi connectivity index (χ1n) is 8.24. The minimum absolute atomic E-state index is 0.144. The second-order valence-corrected chi connectivity index (χ2v) is 5.85. The van der Waals surface area contributed by atoms with Gasteiger partial charge in [0.1, 0.15) is 5.82 Å². The van der Waals surface area contributed by atoms with Crippen LogP contribution >= 0.6 is 0 Å². The van der Waals surface area contributed by atoms with E-state index in [0.29, 0.717) is 6.42 Å². The van der Waals surface area contributed by atoms with Gasteiger partial charge in [0.2, 0.25) is 0 Å². The number of anilines is 1. The van der Waals surface area contributed by atoms with Gasteiger partial charge in [-0.25, -0.2) is 4.98 Å². The normalized spacial score (nSPS) is 10.6. The standard InChI is InChI=1S/C19H25N3O2/c1-20-12-5-13-22(2)18-9-4-8-17(21-18)16-7-3-6-15(14-16)10-11-19(23)24/h3-4,6-9,14,20H,5,10-13H2,1-2H3,(H,23,24).